The Morgan fingerprint density at radius 3 is 2.13 bits per heavy atom. The van der Waals surface area contributed by atoms with E-state index in [4.69, 9.17) is 0 Å². The predicted octanol–water partition coefficient (Wildman–Crippen LogP) is -0.114. The molecule has 1 saturated heterocycles. The van der Waals surface area contributed by atoms with Crippen LogP contribution in [0.15, 0.2) is 0 Å². The molecule has 0 aliphatic carbocycles. The van der Waals surface area contributed by atoms with E-state index in [1.807, 2.05) is 0 Å². The summed E-state index contributed by atoms with van der Waals surface area (Å²) in [6.45, 7) is 2.78. The van der Waals surface area contributed by atoms with Crippen molar-refractivity contribution in [1.82, 2.24) is 8.61 Å². The van der Waals surface area contributed by atoms with Gasteiger partial charge in [-0.05, 0) is 25.7 Å². The highest BCUT2D eigenvalue weighted by molar-refractivity contribution is 7.86. The van der Waals surface area contributed by atoms with Crippen LogP contribution >= 0.6 is 0 Å². The van der Waals surface area contributed by atoms with E-state index in [1.54, 1.807) is 6.92 Å². The topological polar surface area (TPSA) is 60.9 Å². The molecule has 1 heterocycles. The van der Waals surface area contributed by atoms with E-state index in [9.17, 15) is 13.5 Å². The van der Waals surface area contributed by atoms with Crippen LogP contribution in [0.5, 0.6) is 0 Å². The molecule has 90 valence electrons. The summed E-state index contributed by atoms with van der Waals surface area (Å²) >= 11 is 0. The maximum atomic E-state index is 11.8. The van der Waals surface area contributed by atoms with Crippen molar-refractivity contribution in [2.75, 3.05) is 27.2 Å². The van der Waals surface area contributed by atoms with Crippen LogP contribution in [0.2, 0.25) is 0 Å². The lowest BCUT2D eigenvalue weighted by atomic mass is 9.93. The Morgan fingerprint density at radius 1 is 1.33 bits per heavy atom. The van der Waals surface area contributed by atoms with Crippen LogP contribution in [0.1, 0.15) is 19.8 Å². The van der Waals surface area contributed by atoms with Crippen molar-refractivity contribution < 1.29 is 13.5 Å². The fourth-order valence-electron chi connectivity index (χ4n) is 1.82. The van der Waals surface area contributed by atoms with Crippen LogP contribution in [-0.4, -0.2) is 55.4 Å². The minimum atomic E-state index is -3.26. The number of piperidine rings is 1. The number of nitrogens with zero attached hydrogens (tertiary/aromatic N) is 2. The molecule has 6 heteroatoms. The molecule has 0 spiro atoms. The monoisotopic (exact) mass is 236 g/mol. The van der Waals surface area contributed by atoms with E-state index in [1.165, 1.54) is 22.7 Å². The van der Waals surface area contributed by atoms with Crippen molar-refractivity contribution in [2.45, 2.75) is 25.9 Å². The van der Waals surface area contributed by atoms with Gasteiger partial charge >= 0.3 is 0 Å². The first-order valence-electron chi connectivity index (χ1n) is 5.21. The molecule has 0 amide bonds. The van der Waals surface area contributed by atoms with E-state index in [-0.39, 0.29) is 12.0 Å². The summed E-state index contributed by atoms with van der Waals surface area (Å²) in [6, 6.07) is 0. The summed E-state index contributed by atoms with van der Waals surface area (Å²) in [4.78, 5) is 0. The van der Waals surface area contributed by atoms with Crippen molar-refractivity contribution in [2.24, 2.45) is 5.92 Å². The molecule has 1 unspecified atom stereocenters. The van der Waals surface area contributed by atoms with E-state index >= 15 is 0 Å². The van der Waals surface area contributed by atoms with Crippen LogP contribution in [-0.2, 0) is 10.2 Å². The Bertz CT molecular complexity index is 292. The van der Waals surface area contributed by atoms with Crippen molar-refractivity contribution in [1.29, 1.82) is 0 Å². The summed E-state index contributed by atoms with van der Waals surface area (Å²) in [5.74, 6) is 0.235. The first-order valence-corrected chi connectivity index (χ1v) is 6.61. The van der Waals surface area contributed by atoms with E-state index in [2.05, 4.69) is 0 Å². The molecule has 1 atom stereocenters. The lowest BCUT2D eigenvalue weighted by Gasteiger charge is -2.33. The number of hydrogen-bond acceptors (Lipinski definition) is 3. The number of hydrogen-bond donors (Lipinski definition) is 1. The minimum Gasteiger partial charge on any atom is -0.393 e. The Hall–Kier alpha value is -0.170. The zero-order chi connectivity index (χ0) is 11.6. The van der Waals surface area contributed by atoms with Gasteiger partial charge in [-0.3, -0.25) is 0 Å². The average Bonchev–Trinajstić information content (AvgIpc) is 2.17. The summed E-state index contributed by atoms with van der Waals surface area (Å²) in [6.07, 6.45) is 1.14. The van der Waals surface area contributed by atoms with Crippen molar-refractivity contribution >= 4 is 10.2 Å². The average molecular weight is 236 g/mol. The molecule has 1 rings (SSSR count). The van der Waals surface area contributed by atoms with Crippen LogP contribution in [0.25, 0.3) is 0 Å². The minimum absolute atomic E-state index is 0.235. The molecular formula is C9H20N2O3S. The van der Waals surface area contributed by atoms with Gasteiger partial charge in [-0.25, -0.2) is 0 Å². The fraction of sp³-hybridized carbons (Fsp3) is 1.00. The normalized spacial score (nSPS) is 23.3. The van der Waals surface area contributed by atoms with E-state index in [0.29, 0.717) is 13.1 Å². The van der Waals surface area contributed by atoms with E-state index in [0.717, 1.165) is 12.8 Å². The first kappa shape index (κ1) is 12.9. The predicted molar refractivity (Wildman–Crippen MR) is 58.6 cm³/mol. The molecule has 1 aliphatic rings. The smallest absolute Gasteiger partial charge is 0.281 e. The summed E-state index contributed by atoms with van der Waals surface area (Å²) in [7, 11) is -0.188. The lowest BCUT2D eigenvalue weighted by Crippen LogP contribution is -2.45. The molecule has 5 nitrogen and oxygen atoms in total. The third-order valence-corrected chi connectivity index (χ3v) is 4.91. The largest absolute Gasteiger partial charge is 0.393 e. The lowest BCUT2D eigenvalue weighted by molar-refractivity contribution is 0.0902. The third kappa shape index (κ3) is 2.90. The van der Waals surface area contributed by atoms with Crippen molar-refractivity contribution in [3.05, 3.63) is 0 Å². The summed E-state index contributed by atoms with van der Waals surface area (Å²) in [5.41, 5.74) is 0. The quantitative estimate of drug-likeness (QED) is 0.743. The Morgan fingerprint density at radius 2 is 1.80 bits per heavy atom. The molecule has 0 aromatic carbocycles. The Kier molecular flexibility index (Phi) is 4.11. The zero-order valence-corrected chi connectivity index (χ0v) is 10.4. The van der Waals surface area contributed by atoms with Gasteiger partial charge in [0.05, 0.1) is 6.10 Å². The molecule has 0 aromatic rings. The number of aliphatic hydroxyl groups excluding tert-OH is 1. The van der Waals surface area contributed by atoms with Crippen LogP contribution in [0.4, 0.5) is 0 Å². The fourth-order valence-corrected chi connectivity index (χ4v) is 2.95. The first-order chi connectivity index (χ1) is 6.85. The van der Waals surface area contributed by atoms with Crippen LogP contribution in [0.3, 0.4) is 0 Å². The van der Waals surface area contributed by atoms with Gasteiger partial charge in [-0.1, -0.05) is 0 Å². The third-order valence-electron chi connectivity index (χ3n) is 2.97. The van der Waals surface area contributed by atoms with Crippen molar-refractivity contribution in [3.8, 4) is 0 Å². The Labute approximate surface area is 91.9 Å². The summed E-state index contributed by atoms with van der Waals surface area (Å²) in [5, 5.41) is 9.40. The molecule has 0 radical (unpaired) electrons. The van der Waals surface area contributed by atoms with Gasteiger partial charge < -0.3 is 5.11 Å². The number of rotatable bonds is 3. The maximum Gasteiger partial charge on any atom is 0.281 e. The van der Waals surface area contributed by atoms with Crippen LogP contribution < -0.4 is 0 Å². The highest BCUT2D eigenvalue weighted by atomic mass is 32.2. The molecule has 0 aromatic heterocycles. The van der Waals surface area contributed by atoms with Gasteiger partial charge in [0.15, 0.2) is 0 Å². The Balaban J connectivity index is 2.58. The molecule has 1 aliphatic heterocycles. The molecule has 0 bridgehead atoms. The van der Waals surface area contributed by atoms with Gasteiger partial charge in [-0.15, -0.1) is 0 Å². The van der Waals surface area contributed by atoms with Crippen molar-refractivity contribution in [3.63, 3.8) is 0 Å². The molecule has 1 N–H and O–H groups in total. The highest BCUT2D eigenvalue weighted by Gasteiger charge is 2.30. The van der Waals surface area contributed by atoms with Gasteiger partial charge in [-0.2, -0.15) is 17.0 Å². The van der Waals surface area contributed by atoms with Crippen LogP contribution in [0, 0.1) is 5.92 Å². The highest BCUT2D eigenvalue weighted by Crippen LogP contribution is 2.22. The molecule has 15 heavy (non-hydrogen) atoms. The molecule has 1 fully saturated rings. The summed E-state index contributed by atoms with van der Waals surface area (Å²) < 4.78 is 26.2. The van der Waals surface area contributed by atoms with Gasteiger partial charge in [0, 0.05) is 27.2 Å². The zero-order valence-electron chi connectivity index (χ0n) is 9.55. The second-order valence-corrected chi connectivity index (χ2v) is 6.41. The van der Waals surface area contributed by atoms with Gasteiger partial charge in [0.2, 0.25) is 0 Å². The number of aliphatic hydroxyl groups is 1. The standard InChI is InChI=1S/C9H20N2O3S/c1-8(12)9-4-6-11(7-5-9)15(13,14)10(2)3/h8-9,12H,4-7H2,1-3H3. The van der Waals surface area contributed by atoms with Gasteiger partial charge in [0.1, 0.15) is 0 Å². The van der Waals surface area contributed by atoms with E-state index < -0.39 is 10.2 Å². The second-order valence-electron chi connectivity index (χ2n) is 4.27. The molecule has 0 saturated carbocycles. The second kappa shape index (κ2) is 4.78. The SMILES string of the molecule is CC(O)C1CCN(S(=O)(=O)N(C)C)CC1. The van der Waals surface area contributed by atoms with Gasteiger partial charge in [0.25, 0.3) is 10.2 Å². The maximum absolute atomic E-state index is 11.8. The molecular weight excluding hydrogens is 216 g/mol.